The number of hydrogen-bond donors (Lipinski definition) is 1. The van der Waals surface area contributed by atoms with Gasteiger partial charge in [0.15, 0.2) is 0 Å². The number of rotatable bonds is 2. The first kappa shape index (κ1) is 10.3. The summed E-state index contributed by atoms with van der Waals surface area (Å²) in [5.41, 5.74) is 3.17. The van der Waals surface area contributed by atoms with Gasteiger partial charge in [-0.25, -0.2) is 0 Å². The van der Waals surface area contributed by atoms with Gasteiger partial charge in [-0.2, -0.15) is 0 Å². The Morgan fingerprint density at radius 1 is 1.12 bits per heavy atom. The Labute approximate surface area is 98.3 Å². The first-order valence-corrected chi connectivity index (χ1v) is 6.65. The maximum atomic E-state index is 3.48. The highest BCUT2D eigenvalue weighted by molar-refractivity contribution is 5.31. The molecule has 1 heterocycles. The average Bonchev–Trinajstić information content (AvgIpc) is 3.14. The summed E-state index contributed by atoms with van der Waals surface area (Å²) < 4.78 is 0. The van der Waals surface area contributed by atoms with Crippen molar-refractivity contribution < 1.29 is 0 Å². The molecule has 1 saturated carbocycles. The van der Waals surface area contributed by atoms with Crippen LogP contribution >= 0.6 is 0 Å². The van der Waals surface area contributed by atoms with Crippen molar-refractivity contribution in [3.8, 4) is 0 Å². The van der Waals surface area contributed by atoms with E-state index in [1.165, 1.54) is 32.4 Å². The highest BCUT2D eigenvalue weighted by atomic mass is 14.9. The zero-order valence-electron chi connectivity index (χ0n) is 10.1. The summed E-state index contributed by atoms with van der Waals surface area (Å²) in [6.45, 7) is 4.74. The van der Waals surface area contributed by atoms with Crippen LogP contribution in [0.2, 0.25) is 0 Å². The molecule has 2 atom stereocenters. The van der Waals surface area contributed by atoms with Gasteiger partial charge in [-0.3, -0.25) is 0 Å². The number of piperidine rings is 1. The predicted molar refractivity (Wildman–Crippen MR) is 67.8 cm³/mol. The van der Waals surface area contributed by atoms with Crippen LogP contribution in [0.5, 0.6) is 0 Å². The minimum atomic E-state index is 0.778. The zero-order chi connectivity index (χ0) is 11.0. The standard InChI is InChI=1S/C15H21N/c1-11-10-16-8-7-15(11)14-4-2-3-13(9-14)12-5-6-12/h2-4,9,11-12,15-16H,5-8,10H2,1H3. The van der Waals surface area contributed by atoms with Gasteiger partial charge < -0.3 is 5.32 Å². The molecule has 1 aromatic carbocycles. The Bertz CT molecular complexity index is 367. The maximum Gasteiger partial charge on any atom is -0.00173 e. The monoisotopic (exact) mass is 215 g/mol. The van der Waals surface area contributed by atoms with Crippen LogP contribution in [0.3, 0.4) is 0 Å². The van der Waals surface area contributed by atoms with Crippen molar-refractivity contribution in [2.24, 2.45) is 5.92 Å². The van der Waals surface area contributed by atoms with Crippen LogP contribution in [0, 0.1) is 5.92 Å². The second-order valence-electron chi connectivity index (χ2n) is 5.52. The van der Waals surface area contributed by atoms with Gasteiger partial charge in [0.05, 0.1) is 0 Å². The van der Waals surface area contributed by atoms with E-state index in [4.69, 9.17) is 0 Å². The van der Waals surface area contributed by atoms with E-state index in [1.54, 1.807) is 11.1 Å². The lowest BCUT2D eigenvalue weighted by atomic mass is 9.81. The highest BCUT2D eigenvalue weighted by Crippen LogP contribution is 2.41. The third-order valence-corrected chi connectivity index (χ3v) is 4.17. The SMILES string of the molecule is CC1CNCCC1c1cccc(C2CC2)c1. The van der Waals surface area contributed by atoms with E-state index in [2.05, 4.69) is 36.5 Å². The lowest BCUT2D eigenvalue weighted by Crippen LogP contribution is -2.33. The van der Waals surface area contributed by atoms with E-state index in [0.29, 0.717) is 0 Å². The van der Waals surface area contributed by atoms with Crippen molar-refractivity contribution in [2.75, 3.05) is 13.1 Å². The second-order valence-corrected chi connectivity index (χ2v) is 5.52. The van der Waals surface area contributed by atoms with Crippen LogP contribution in [-0.4, -0.2) is 13.1 Å². The first-order valence-electron chi connectivity index (χ1n) is 6.65. The summed E-state index contributed by atoms with van der Waals surface area (Å²) >= 11 is 0. The van der Waals surface area contributed by atoms with Gasteiger partial charge in [-0.05, 0) is 61.2 Å². The van der Waals surface area contributed by atoms with Crippen molar-refractivity contribution in [3.63, 3.8) is 0 Å². The Hall–Kier alpha value is -0.820. The van der Waals surface area contributed by atoms with Crippen molar-refractivity contribution in [1.29, 1.82) is 0 Å². The van der Waals surface area contributed by atoms with Crippen molar-refractivity contribution >= 4 is 0 Å². The van der Waals surface area contributed by atoms with Gasteiger partial charge in [0.1, 0.15) is 0 Å². The molecule has 16 heavy (non-hydrogen) atoms. The molecule has 1 aliphatic carbocycles. The molecule has 2 fully saturated rings. The Balaban J connectivity index is 1.83. The normalized spacial score (nSPS) is 30.3. The highest BCUT2D eigenvalue weighted by Gasteiger charge is 2.26. The largest absolute Gasteiger partial charge is 0.316 e. The quantitative estimate of drug-likeness (QED) is 0.798. The molecule has 86 valence electrons. The van der Waals surface area contributed by atoms with E-state index in [1.807, 2.05) is 0 Å². The summed E-state index contributed by atoms with van der Waals surface area (Å²) in [6, 6.07) is 9.38. The van der Waals surface area contributed by atoms with Crippen LogP contribution in [0.25, 0.3) is 0 Å². The van der Waals surface area contributed by atoms with Gasteiger partial charge in [-0.1, -0.05) is 31.2 Å². The summed E-state index contributed by atoms with van der Waals surface area (Å²) in [6.07, 6.45) is 4.12. The maximum absolute atomic E-state index is 3.48. The van der Waals surface area contributed by atoms with Crippen molar-refractivity contribution in [3.05, 3.63) is 35.4 Å². The molecule has 1 N–H and O–H groups in total. The predicted octanol–water partition coefficient (Wildman–Crippen LogP) is 3.28. The molecular formula is C15H21N. The molecule has 0 spiro atoms. The molecule has 0 aromatic heterocycles. The molecule has 1 nitrogen and oxygen atoms in total. The molecule has 0 amide bonds. The second kappa shape index (κ2) is 4.21. The van der Waals surface area contributed by atoms with E-state index in [-0.39, 0.29) is 0 Å². The average molecular weight is 215 g/mol. The fourth-order valence-corrected chi connectivity index (χ4v) is 2.97. The molecule has 1 heteroatoms. The van der Waals surface area contributed by atoms with Crippen LogP contribution in [0.1, 0.15) is 49.1 Å². The number of hydrogen-bond acceptors (Lipinski definition) is 1. The topological polar surface area (TPSA) is 12.0 Å². The van der Waals surface area contributed by atoms with E-state index in [0.717, 1.165) is 17.8 Å². The van der Waals surface area contributed by atoms with E-state index >= 15 is 0 Å². The van der Waals surface area contributed by atoms with Gasteiger partial charge >= 0.3 is 0 Å². The molecule has 0 radical (unpaired) electrons. The molecule has 2 unspecified atom stereocenters. The smallest absolute Gasteiger partial charge is 0.00173 e. The first-order chi connectivity index (χ1) is 7.84. The minimum absolute atomic E-state index is 0.778. The number of nitrogens with one attached hydrogen (secondary N) is 1. The van der Waals surface area contributed by atoms with Gasteiger partial charge in [0.25, 0.3) is 0 Å². The lowest BCUT2D eigenvalue weighted by molar-refractivity contribution is 0.349. The third-order valence-electron chi connectivity index (χ3n) is 4.17. The van der Waals surface area contributed by atoms with Gasteiger partial charge in [0, 0.05) is 0 Å². The Morgan fingerprint density at radius 2 is 1.94 bits per heavy atom. The van der Waals surface area contributed by atoms with Gasteiger partial charge in [0.2, 0.25) is 0 Å². The van der Waals surface area contributed by atoms with Crippen LogP contribution in [-0.2, 0) is 0 Å². The molecule has 0 bridgehead atoms. The number of benzene rings is 1. The molecule has 1 saturated heterocycles. The molecule has 1 aromatic rings. The fraction of sp³-hybridized carbons (Fsp3) is 0.600. The summed E-state index contributed by atoms with van der Waals surface area (Å²) in [4.78, 5) is 0. The van der Waals surface area contributed by atoms with Crippen molar-refractivity contribution in [1.82, 2.24) is 5.32 Å². The molecule has 2 aliphatic rings. The zero-order valence-corrected chi connectivity index (χ0v) is 10.1. The summed E-state index contributed by atoms with van der Waals surface area (Å²) in [5.74, 6) is 2.44. The summed E-state index contributed by atoms with van der Waals surface area (Å²) in [5, 5.41) is 3.48. The van der Waals surface area contributed by atoms with Crippen molar-refractivity contribution in [2.45, 2.75) is 38.0 Å². The van der Waals surface area contributed by atoms with Crippen LogP contribution in [0.4, 0.5) is 0 Å². The van der Waals surface area contributed by atoms with E-state index in [9.17, 15) is 0 Å². The van der Waals surface area contributed by atoms with Gasteiger partial charge in [-0.15, -0.1) is 0 Å². The van der Waals surface area contributed by atoms with Crippen LogP contribution < -0.4 is 5.32 Å². The lowest BCUT2D eigenvalue weighted by Gasteiger charge is -2.30. The Morgan fingerprint density at radius 3 is 2.69 bits per heavy atom. The van der Waals surface area contributed by atoms with E-state index < -0.39 is 0 Å². The third kappa shape index (κ3) is 2.01. The van der Waals surface area contributed by atoms with Crippen LogP contribution in [0.15, 0.2) is 24.3 Å². The molecular weight excluding hydrogens is 194 g/mol. The minimum Gasteiger partial charge on any atom is -0.316 e. The summed E-state index contributed by atoms with van der Waals surface area (Å²) in [7, 11) is 0. The fourth-order valence-electron chi connectivity index (χ4n) is 2.97. The molecule has 1 aliphatic heterocycles. The Kier molecular flexibility index (Phi) is 2.72. The molecule has 3 rings (SSSR count).